The number of isocyanates is 2. The van der Waals surface area contributed by atoms with Crippen molar-refractivity contribution in [1.29, 1.82) is 0 Å². The number of hydrogen-bond acceptors (Lipinski definition) is 6. The van der Waals surface area contributed by atoms with Gasteiger partial charge < -0.3 is 10.2 Å². The first kappa shape index (κ1) is 21.2. The zero-order valence-electron chi connectivity index (χ0n) is 14.8. The SMILES string of the molecule is CC(C)(CO)CO.O=C=Nc1ccccc1Cc1ccccc1N=C=O. The van der Waals surface area contributed by atoms with Crippen LogP contribution in [0.3, 0.4) is 0 Å². The Labute approximate surface area is 152 Å². The van der Waals surface area contributed by atoms with Gasteiger partial charge in [0.2, 0.25) is 12.2 Å². The van der Waals surface area contributed by atoms with E-state index in [4.69, 9.17) is 10.2 Å². The molecule has 0 atom stereocenters. The molecule has 0 unspecified atom stereocenters. The molecule has 0 aromatic heterocycles. The van der Waals surface area contributed by atoms with E-state index in [2.05, 4.69) is 9.98 Å². The molecule has 2 N–H and O–H groups in total. The molecule has 0 saturated heterocycles. The number of benzene rings is 2. The third-order valence-corrected chi connectivity index (χ3v) is 3.55. The molecule has 26 heavy (non-hydrogen) atoms. The summed E-state index contributed by atoms with van der Waals surface area (Å²) >= 11 is 0. The molecule has 0 bridgehead atoms. The second-order valence-corrected chi connectivity index (χ2v) is 6.32. The van der Waals surface area contributed by atoms with Crippen molar-refractivity contribution < 1.29 is 19.8 Å². The lowest BCUT2D eigenvalue weighted by Crippen LogP contribution is -2.20. The van der Waals surface area contributed by atoms with Gasteiger partial charge in [-0.2, -0.15) is 9.98 Å². The third-order valence-electron chi connectivity index (χ3n) is 3.55. The van der Waals surface area contributed by atoms with Crippen LogP contribution in [-0.4, -0.2) is 35.6 Å². The van der Waals surface area contributed by atoms with Crippen molar-refractivity contribution in [2.75, 3.05) is 13.2 Å². The van der Waals surface area contributed by atoms with Gasteiger partial charge in [0.1, 0.15) is 0 Å². The molecule has 0 heterocycles. The maximum absolute atomic E-state index is 10.4. The van der Waals surface area contributed by atoms with Crippen molar-refractivity contribution in [2.24, 2.45) is 15.4 Å². The second-order valence-electron chi connectivity index (χ2n) is 6.32. The fourth-order valence-electron chi connectivity index (χ4n) is 1.89. The summed E-state index contributed by atoms with van der Waals surface area (Å²) in [5.41, 5.74) is 2.59. The summed E-state index contributed by atoms with van der Waals surface area (Å²) in [6, 6.07) is 14.6. The summed E-state index contributed by atoms with van der Waals surface area (Å²) in [6.07, 6.45) is 3.61. The number of rotatable bonds is 6. The van der Waals surface area contributed by atoms with Crippen molar-refractivity contribution in [1.82, 2.24) is 0 Å². The molecule has 2 aromatic carbocycles. The monoisotopic (exact) mass is 354 g/mol. The summed E-state index contributed by atoms with van der Waals surface area (Å²) < 4.78 is 0. The summed E-state index contributed by atoms with van der Waals surface area (Å²) in [4.78, 5) is 28.1. The Bertz CT molecular complexity index is 739. The van der Waals surface area contributed by atoms with E-state index in [1.54, 1.807) is 38.1 Å². The van der Waals surface area contributed by atoms with Gasteiger partial charge >= 0.3 is 0 Å². The van der Waals surface area contributed by atoms with E-state index in [-0.39, 0.29) is 18.6 Å². The molecule has 0 aliphatic rings. The molecule has 0 radical (unpaired) electrons. The molecule has 2 aromatic rings. The predicted octanol–water partition coefficient (Wildman–Crippen LogP) is 3.21. The van der Waals surface area contributed by atoms with Crippen LogP contribution in [0.25, 0.3) is 0 Å². The minimum absolute atomic E-state index is 0.0451. The van der Waals surface area contributed by atoms with E-state index >= 15 is 0 Å². The van der Waals surface area contributed by atoms with E-state index in [9.17, 15) is 9.59 Å². The molecule has 0 spiro atoms. The topological polar surface area (TPSA) is 99.3 Å². The first-order valence-corrected chi connectivity index (χ1v) is 8.00. The second kappa shape index (κ2) is 10.9. The van der Waals surface area contributed by atoms with E-state index in [0.29, 0.717) is 17.8 Å². The average molecular weight is 354 g/mol. The van der Waals surface area contributed by atoms with Gasteiger partial charge in [-0.15, -0.1) is 0 Å². The summed E-state index contributed by atoms with van der Waals surface area (Å²) in [5.74, 6) is 0. The van der Waals surface area contributed by atoms with Gasteiger partial charge in [0, 0.05) is 11.8 Å². The molecular formula is C20H22N2O4. The molecule has 0 aliphatic heterocycles. The Hall–Kier alpha value is -2.88. The van der Waals surface area contributed by atoms with Gasteiger partial charge in [-0.1, -0.05) is 50.2 Å². The molecule has 0 saturated carbocycles. The lowest BCUT2D eigenvalue weighted by atomic mass is 9.97. The molecule has 2 rings (SSSR count). The Morgan fingerprint density at radius 1 is 0.808 bits per heavy atom. The van der Waals surface area contributed by atoms with Crippen molar-refractivity contribution in [3.05, 3.63) is 59.7 Å². The normalized spacial score (nSPS) is 10.0. The molecule has 6 heteroatoms. The van der Waals surface area contributed by atoms with Gasteiger partial charge in [-0.25, -0.2) is 9.59 Å². The Balaban J connectivity index is 0.000000412. The number of para-hydroxylation sites is 2. The standard InChI is InChI=1S/C15H10N2O2.C5H12O2/c18-10-16-14-7-3-1-5-12(14)9-13-6-2-4-8-15(13)17-11-19;1-5(2,3-6)4-7/h1-8H,9H2;6-7H,3-4H2,1-2H3. The van der Waals surface area contributed by atoms with Crippen LogP contribution < -0.4 is 0 Å². The van der Waals surface area contributed by atoms with Crippen LogP contribution in [0.4, 0.5) is 11.4 Å². The maximum atomic E-state index is 10.4. The summed E-state index contributed by atoms with van der Waals surface area (Å²) in [7, 11) is 0. The van der Waals surface area contributed by atoms with E-state index < -0.39 is 0 Å². The highest BCUT2D eigenvalue weighted by Gasteiger charge is 2.13. The highest BCUT2D eigenvalue weighted by atomic mass is 16.3. The Morgan fingerprint density at radius 2 is 1.19 bits per heavy atom. The Kier molecular flexibility index (Phi) is 8.85. The number of aliphatic hydroxyl groups is 2. The molecular weight excluding hydrogens is 332 g/mol. The van der Waals surface area contributed by atoms with Crippen LogP contribution in [0, 0.1) is 5.41 Å². The first-order chi connectivity index (χ1) is 12.5. The molecule has 6 nitrogen and oxygen atoms in total. The minimum atomic E-state index is -0.306. The number of carbonyl (C=O) groups excluding carboxylic acids is 2. The minimum Gasteiger partial charge on any atom is -0.396 e. The number of aliphatic imine (C=N–C) groups is 2. The van der Waals surface area contributed by atoms with E-state index in [1.165, 1.54) is 12.2 Å². The van der Waals surface area contributed by atoms with Gasteiger partial charge in [0.05, 0.1) is 24.6 Å². The van der Waals surface area contributed by atoms with Crippen molar-refractivity contribution >= 4 is 23.5 Å². The van der Waals surface area contributed by atoms with Crippen LogP contribution >= 0.6 is 0 Å². The van der Waals surface area contributed by atoms with Crippen LogP contribution in [-0.2, 0) is 16.0 Å². The van der Waals surface area contributed by atoms with Crippen LogP contribution in [0.5, 0.6) is 0 Å². The average Bonchev–Trinajstić information content (AvgIpc) is 2.66. The fourth-order valence-corrected chi connectivity index (χ4v) is 1.89. The van der Waals surface area contributed by atoms with Gasteiger partial charge in [0.15, 0.2) is 0 Å². The number of nitrogens with zero attached hydrogens (tertiary/aromatic N) is 2. The largest absolute Gasteiger partial charge is 0.396 e. The van der Waals surface area contributed by atoms with E-state index in [0.717, 1.165) is 11.1 Å². The smallest absolute Gasteiger partial charge is 0.240 e. The maximum Gasteiger partial charge on any atom is 0.240 e. The lowest BCUT2D eigenvalue weighted by molar-refractivity contribution is 0.0857. The molecule has 0 fully saturated rings. The highest BCUT2D eigenvalue weighted by Crippen LogP contribution is 2.26. The van der Waals surface area contributed by atoms with Gasteiger partial charge in [-0.3, -0.25) is 0 Å². The Morgan fingerprint density at radius 3 is 1.50 bits per heavy atom. The molecule has 136 valence electrons. The lowest BCUT2D eigenvalue weighted by Gasteiger charge is -2.16. The van der Waals surface area contributed by atoms with Crippen LogP contribution in [0.1, 0.15) is 25.0 Å². The number of aliphatic hydroxyl groups excluding tert-OH is 2. The van der Waals surface area contributed by atoms with Gasteiger partial charge in [0.25, 0.3) is 0 Å². The zero-order valence-corrected chi connectivity index (χ0v) is 14.8. The zero-order chi connectivity index (χ0) is 19.4. The van der Waals surface area contributed by atoms with Crippen LogP contribution in [0.15, 0.2) is 58.5 Å². The first-order valence-electron chi connectivity index (χ1n) is 8.00. The van der Waals surface area contributed by atoms with Crippen molar-refractivity contribution in [2.45, 2.75) is 20.3 Å². The van der Waals surface area contributed by atoms with Crippen molar-refractivity contribution in [3.8, 4) is 0 Å². The quantitative estimate of drug-likeness (QED) is 0.614. The van der Waals surface area contributed by atoms with E-state index in [1.807, 2.05) is 24.3 Å². The highest BCUT2D eigenvalue weighted by molar-refractivity contribution is 5.59. The molecule has 0 aliphatic carbocycles. The molecule has 0 amide bonds. The van der Waals surface area contributed by atoms with Crippen molar-refractivity contribution in [3.63, 3.8) is 0 Å². The van der Waals surface area contributed by atoms with Gasteiger partial charge in [-0.05, 0) is 23.3 Å². The van der Waals surface area contributed by atoms with Crippen LogP contribution in [0.2, 0.25) is 0 Å². The third kappa shape index (κ3) is 6.93. The summed E-state index contributed by atoms with van der Waals surface area (Å²) in [5, 5.41) is 16.9. The summed E-state index contributed by atoms with van der Waals surface area (Å²) in [6.45, 7) is 3.69. The predicted molar refractivity (Wildman–Crippen MR) is 99.2 cm³/mol. The number of hydrogen-bond donors (Lipinski definition) is 2. The fraction of sp³-hybridized carbons (Fsp3) is 0.300.